The SMILES string of the molecule is C1CC2(CCN1)CC2.[P]. The average Bonchev–Trinajstić information content (AvgIpc) is 2.52. The third-order valence-electron chi connectivity index (χ3n) is 2.62. The van der Waals surface area contributed by atoms with Gasteiger partial charge in [-0.25, -0.2) is 0 Å². The molecule has 0 bridgehead atoms. The van der Waals surface area contributed by atoms with Gasteiger partial charge in [0.05, 0.1) is 0 Å². The van der Waals surface area contributed by atoms with Crippen molar-refractivity contribution in [3.05, 3.63) is 0 Å². The van der Waals surface area contributed by atoms with Gasteiger partial charge in [0.15, 0.2) is 0 Å². The van der Waals surface area contributed by atoms with Gasteiger partial charge in [-0.15, -0.1) is 0 Å². The highest BCUT2D eigenvalue weighted by Gasteiger charge is 2.42. The summed E-state index contributed by atoms with van der Waals surface area (Å²) < 4.78 is 0. The molecule has 0 aromatic rings. The number of piperidine rings is 1. The van der Waals surface area contributed by atoms with Crippen molar-refractivity contribution in [2.75, 3.05) is 13.1 Å². The van der Waals surface area contributed by atoms with Gasteiger partial charge in [0.1, 0.15) is 0 Å². The lowest BCUT2D eigenvalue weighted by Crippen LogP contribution is -2.28. The molecule has 1 heterocycles. The van der Waals surface area contributed by atoms with Crippen LogP contribution in [0.2, 0.25) is 0 Å². The summed E-state index contributed by atoms with van der Waals surface area (Å²) in [6.45, 7) is 2.56. The van der Waals surface area contributed by atoms with E-state index in [1.165, 1.54) is 38.8 Å². The number of nitrogens with one attached hydrogen (secondary N) is 1. The zero-order chi connectivity index (χ0) is 5.45. The first-order valence-electron chi connectivity index (χ1n) is 3.62. The van der Waals surface area contributed by atoms with Crippen molar-refractivity contribution < 1.29 is 0 Å². The van der Waals surface area contributed by atoms with Crippen molar-refractivity contribution in [2.45, 2.75) is 25.7 Å². The molecule has 0 atom stereocenters. The van der Waals surface area contributed by atoms with Gasteiger partial charge in [0.25, 0.3) is 0 Å². The molecule has 0 aromatic heterocycles. The molecule has 1 saturated heterocycles. The Morgan fingerprint density at radius 2 is 1.44 bits per heavy atom. The normalized spacial score (nSPS) is 29.3. The Morgan fingerprint density at radius 1 is 0.889 bits per heavy atom. The van der Waals surface area contributed by atoms with Crippen LogP contribution in [0.5, 0.6) is 0 Å². The molecule has 1 saturated carbocycles. The summed E-state index contributed by atoms with van der Waals surface area (Å²) >= 11 is 0. The average molecular weight is 142 g/mol. The van der Waals surface area contributed by atoms with Crippen LogP contribution in [0.4, 0.5) is 0 Å². The maximum absolute atomic E-state index is 3.38. The number of hydrogen-bond donors (Lipinski definition) is 1. The van der Waals surface area contributed by atoms with Gasteiger partial charge >= 0.3 is 0 Å². The topological polar surface area (TPSA) is 12.0 Å². The van der Waals surface area contributed by atoms with Crippen molar-refractivity contribution in [1.82, 2.24) is 5.32 Å². The fraction of sp³-hybridized carbons (Fsp3) is 1.00. The zero-order valence-corrected chi connectivity index (χ0v) is 6.58. The van der Waals surface area contributed by atoms with Crippen LogP contribution in [0.3, 0.4) is 0 Å². The first-order chi connectivity index (χ1) is 3.91. The van der Waals surface area contributed by atoms with Gasteiger partial charge in [0, 0.05) is 9.90 Å². The van der Waals surface area contributed by atoms with Crippen LogP contribution in [0, 0.1) is 5.41 Å². The van der Waals surface area contributed by atoms with Crippen LogP contribution in [0.15, 0.2) is 0 Å². The second kappa shape index (κ2) is 2.56. The minimum absolute atomic E-state index is 0. The van der Waals surface area contributed by atoms with E-state index < -0.39 is 0 Å². The first-order valence-corrected chi connectivity index (χ1v) is 3.62. The van der Waals surface area contributed by atoms with Crippen molar-refractivity contribution in [1.29, 1.82) is 0 Å². The second-order valence-corrected chi connectivity index (χ2v) is 3.25. The van der Waals surface area contributed by atoms with E-state index in [1.807, 2.05) is 0 Å². The Balaban J connectivity index is 0.000000405. The monoisotopic (exact) mass is 142 g/mol. The summed E-state index contributed by atoms with van der Waals surface area (Å²) in [6, 6.07) is 0. The molecule has 0 aromatic carbocycles. The fourth-order valence-corrected chi connectivity index (χ4v) is 1.63. The molecule has 1 N–H and O–H groups in total. The van der Waals surface area contributed by atoms with Crippen LogP contribution in [-0.4, -0.2) is 13.1 Å². The lowest BCUT2D eigenvalue weighted by atomic mass is 9.95. The van der Waals surface area contributed by atoms with E-state index in [4.69, 9.17) is 0 Å². The molecule has 2 rings (SSSR count). The molecule has 3 radical (unpaired) electrons. The quantitative estimate of drug-likeness (QED) is 0.510. The largest absolute Gasteiger partial charge is 0.317 e. The van der Waals surface area contributed by atoms with E-state index in [9.17, 15) is 0 Å². The Kier molecular flexibility index (Phi) is 2.13. The summed E-state index contributed by atoms with van der Waals surface area (Å²) in [4.78, 5) is 0. The van der Waals surface area contributed by atoms with Gasteiger partial charge in [-0.1, -0.05) is 0 Å². The molecule has 2 heteroatoms. The van der Waals surface area contributed by atoms with Gasteiger partial charge < -0.3 is 5.32 Å². The van der Waals surface area contributed by atoms with Crippen molar-refractivity contribution in [3.63, 3.8) is 0 Å². The standard InChI is InChI=1S/C7H13N.P/c1-2-7(1)3-5-8-6-4-7;/h8H,1-6H2;. The summed E-state index contributed by atoms with van der Waals surface area (Å²) in [7, 11) is 0. The van der Waals surface area contributed by atoms with Crippen LogP contribution >= 0.6 is 9.90 Å². The summed E-state index contributed by atoms with van der Waals surface area (Å²) in [5.74, 6) is 0. The molecule has 1 aliphatic heterocycles. The molecule has 2 fully saturated rings. The van der Waals surface area contributed by atoms with E-state index >= 15 is 0 Å². The minimum atomic E-state index is 0. The van der Waals surface area contributed by atoms with Crippen LogP contribution in [0.25, 0.3) is 0 Å². The van der Waals surface area contributed by atoms with Gasteiger partial charge in [-0.2, -0.15) is 0 Å². The van der Waals surface area contributed by atoms with E-state index in [2.05, 4.69) is 5.32 Å². The lowest BCUT2D eigenvalue weighted by molar-refractivity contribution is 0.353. The predicted octanol–water partition coefficient (Wildman–Crippen LogP) is 2.01. The Hall–Kier alpha value is 0.390. The smallest absolute Gasteiger partial charge is 0 e. The molecule has 1 nitrogen and oxygen atoms in total. The third-order valence-corrected chi connectivity index (χ3v) is 2.62. The zero-order valence-electron chi connectivity index (χ0n) is 5.69. The number of hydrogen-bond acceptors (Lipinski definition) is 1. The van der Waals surface area contributed by atoms with Crippen LogP contribution in [0.1, 0.15) is 25.7 Å². The van der Waals surface area contributed by atoms with Gasteiger partial charge in [-0.3, -0.25) is 0 Å². The maximum Gasteiger partial charge on any atom is 0 e. The molecule has 0 amide bonds. The predicted molar refractivity (Wildman–Crippen MR) is 40.7 cm³/mol. The highest BCUT2D eigenvalue weighted by Crippen LogP contribution is 2.52. The molecule has 2 aliphatic rings. The van der Waals surface area contributed by atoms with E-state index in [0.717, 1.165) is 5.41 Å². The molecule has 9 heavy (non-hydrogen) atoms. The van der Waals surface area contributed by atoms with Gasteiger partial charge in [-0.05, 0) is 44.2 Å². The number of rotatable bonds is 0. The van der Waals surface area contributed by atoms with E-state index in [1.54, 1.807) is 0 Å². The summed E-state index contributed by atoms with van der Waals surface area (Å²) in [5.41, 5.74) is 0.866. The van der Waals surface area contributed by atoms with Crippen molar-refractivity contribution >= 4 is 9.90 Å². The van der Waals surface area contributed by atoms with E-state index in [0.29, 0.717) is 0 Å². The van der Waals surface area contributed by atoms with E-state index in [-0.39, 0.29) is 9.90 Å². The molecule has 1 spiro atoms. The molecule has 0 unspecified atom stereocenters. The highest BCUT2D eigenvalue weighted by molar-refractivity contribution is 6.92. The van der Waals surface area contributed by atoms with Crippen LogP contribution < -0.4 is 5.32 Å². The summed E-state index contributed by atoms with van der Waals surface area (Å²) in [5, 5.41) is 3.38. The molecule has 51 valence electrons. The van der Waals surface area contributed by atoms with Crippen molar-refractivity contribution in [3.8, 4) is 0 Å². The highest BCUT2D eigenvalue weighted by atomic mass is 31.0. The molecule has 1 aliphatic carbocycles. The minimum Gasteiger partial charge on any atom is -0.317 e. The van der Waals surface area contributed by atoms with Crippen molar-refractivity contribution in [2.24, 2.45) is 5.41 Å². The third kappa shape index (κ3) is 1.45. The Morgan fingerprint density at radius 3 is 1.78 bits per heavy atom. The Labute approximate surface area is 60.2 Å². The first kappa shape index (κ1) is 7.50. The molecular weight excluding hydrogens is 129 g/mol. The van der Waals surface area contributed by atoms with Gasteiger partial charge in [0.2, 0.25) is 0 Å². The summed E-state index contributed by atoms with van der Waals surface area (Å²) in [6.07, 6.45) is 5.95. The van der Waals surface area contributed by atoms with Crippen LogP contribution in [-0.2, 0) is 0 Å². The lowest BCUT2D eigenvalue weighted by Gasteiger charge is -2.20. The molecular formula is C7H13NP. The fourth-order valence-electron chi connectivity index (χ4n) is 1.63. The maximum atomic E-state index is 3.38. The Bertz CT molecular complexity index is 91.1. The second-order valence-electron chi connectivity index (χ2n) is 3.25.